The Bertz CT molecular complexity index is 559. The Kier molecular flexibility index (Phi) is 2.82. The van der Waals surface area contributed by atoms with E-state index in [0.717, 1.165) is 5.56 Å². The van der Waals surface area contributed by atoms with Gasteiger partial charge in [0.25, 0.3) is 0 Å². The fourth-order valence-electron chi connectivity index (χ4n) is 1.67. The molecule has 0 amide bonds. The summed E-state index contributed by atoms with van der Waals surface area (Å²) in [5.41, 5.74) is 1.51. The van der Waals surface area contributed by atoms with E-state index in [2.05, 4.69) is 5.16 Å². The van der Waals surface area contributed by atoms with Crippen molar-refractivity contribution in [1.29, 1.82) is 0 Å². The molecule has 0 aliphatic rings. The lowest BCUT2D eigenvalue weighted by molar-refractivity contribution is 0.0697. The van der Waals surface area contributed by atoms with E-state index in [1.54, 1.807) is 6.07 Å². The van der Waals surface area contributed by atoms with Crippen LogP contribution in [0.4, 0.5) is 0 Å². The van der Waals surface area contributed by atoms with E-state index >= 15 is 0 Å². The van der Waals surface area contributed by atoms with E-state index in [1.807, 2.05) is 19.1 Å². The normalized spacial score (nSPS) is 10.2. The molecule has 2 aromatic rings. The molecule has 0 aliphatic carbocycles. The van der Waals surface area contributed by atoms with Gasteiger partial charge in [-0.2, -0.15) is 0 Å². The zero-order valence-electron chi connectivity index (χ0n) is 9.43. The number of methoxy groups -OCH3 is 1. The number of aryl methyl sites for hydroxylation is 1. The molecule has 5 heteroatoms. The SMILES string of the molecule is COc1cccc(C)c1-c1oncc1C(=O)O. The first-order valence-electron chi connectivity index (χ1n) is 4.97. The van der Waals surface area contributed by atoms with Crippen molar-refractivity contribution in [2.75, 3.05) is 7.11 Å². The van der Waals surface area contributed by atoms with Crippen LogP contribution in [0.25, 0.3) is 11.3 Å². The van der Waals surface area contributed by atoms with Gasteiger partial charge in [0.1, 0.15) is 11.3 Å². The first-order chi connectivity index (χ1) is 8.15. The number of carboxylic acid groups (broad SMARTS) is 1. The average molecular weight is 233 g/mol. The Balaban J connectivity index is 2.68. The molecule has 0 unspecified atom stereocenters. The number of nitrogens with zero attached hydrogens (tertiary/aromatic N) is 1. The molecule has 1 N–H and O–H groups in total. The molecule has 88 valence electrons. The smallest absolute Gasteiger partial charge is 0.341 e. The quantitative estimate of drug-likeness (QED) is 0.880. The van der Waals surface area contributed by atoms with Gasteiger partial charge in [0.2, 0.25) is 0 Å². The second kappa shape index (κ2) is 4.29. The Hall–Kier alpha value is -2.30. The van der Waals surface area contributed by atoms with Crippen molar-refractivity contribution < 1.29 is 19.2 Å². The summed E-state index contributed by atoms with van der Waals surface area (Å²) in [7, 11) is 1.52. The molecule has 0 bridgehead atoms. The van der Waals surface area contributed by atoms with Crippen LogP contribution in [0.5, 0.6) is 5.75 Å². The molecule has 0 atom stereocenters. The number of aromatic nitrogens is 1. The third-order valence-electron chi connectivity index (χ3n) is 2.48. The van der Waals surface area contributed by atoms with Gasteiger partial charge < -0.3 is 14.4 Å². The van der Waals surface area contributed by atoms with E-state index < -0.39 is 5.97 Å². The van der Waals surface area contributed by atoms with Gasteiger partial charge in [-0.3, -0.25) is 0 Å². The van der Waals surface area contributed by atoms with Crippen LogP contribution in [-0.2, 0) is 0 Å². The lowest BCUT2D eigenvalue weighted by atomic mass is 10.0. The molecule has 0 fully saturated rings. The Morgan fingerprint density at radius 3 is 2.88 bits per heavy atom. The number of benzene rings is 1. The minimum absolute atomic E-state index is 0.0256. The first kappa shape index (κ1) is 11.2. The molecule has 0 saturated carbocycles. The van der Waals surface area contributed by atoms with Crippen LogP contribution in [0, 0.1) is 6.92 Å². The maximum Gasteiger partial charge on any atom is 0.341 e. The summed E-state index contributed by atoms with van der Waals surface area (Å²) in [5.74, 6) is -0.303. The Morgan fingerprint density at radius 2 is 2.24 bits per heavy atom. The van der Waals surface area contributed by atoms with Crippen LogP contribution in [0.15, 0.2) is 28.9 Å². The standard InChI is InChI=1S/C12H11NO4/c1-7-4-3-5-9(16-2)10(7)11-8(12(14)15)6-13-17-11/h3-6H,1-2H3,(H,14,15). The van der Waals surface area contributed by atoms with E-state index in [-0.39, 0.29) is 11.3 Å². The van der Waals surface area contributed by atoms with Crippen molar-refractivity contribution >= 4 is 5.97 Å². The third-order valence-corrected chi connectivity index (χ3v) is 2.48. The van der Waals surface area contributed by atoms with E-state index in [9.17, 15) is 4.79 Å². The molecule has 2 rings (SSSR count). The van der Waals surface area contributed by atoms with Gasteiger partial charge in [0.15, 0.2) is 5.76 Å². The van der Waals surface area contributed by atoms with Crippen molar-refractivity contribution in [3.63, 3.8) is 0 Å². The van der Waals surface area contributed by atoms with E-state index in [4.69, 9.17) is 14.4 Å². The van der Waals surface area contributed by atoms with Gasteiger partial charge >= 0.3 is 5.97 Å². The number of hydrogen-bond donors (Lipinski definition) is 1. The summed E-state index contributed by atoms with van der Waals surface area (Å²) < 4.78 is 10.2. The van der Waals surface area contributed by atoms with Crippen LogP contribution in [0.3, 0.4) is 0 Å². The predicted molar refractivity (Wildman–Crippen MR) is 60.2 cm³/mol. The molecular formula is C12H11NO4. The Morgan fingerprint density at radius 1 is 1.47 bits per heavy atom. The predicted octanol–water partition coefficient (Wildman–Crippen LogP) is 2.36. The first-order valence-corrected chi connectivity index (χ1v) is 4.97. The summed E-state index contributed by atoms with van der Waals surface area (Å²) in [5, 5.41) is 12.6. The summed E-state index contributed by atoms with van der Waals surface area (Å²) in [6.45, 7) is 1.85. The number of hydrogen-bond acceptors (Lipinski definition) is 4. The summed E-state index contributed by atoms with van der Waals surface area (Å²) in [4.78, 5) is 11.0. The molecule has 1 aromatic carbocycles. The highest BCUT2D eigenvalue weighted by atomic mass is 16.5. The van der Waals surface area contributed by atoms with Gasteiger partial charge in [-0.15, -0.1) is 0 Å². The molecule has 5 nitrogen and oxygen atoms in total. The molecular weight excluding hydrogens is 222 g/mol. The van der Waals surface area contributed by atoms with Crippen LogP contribution in [0.1, 0.15) is 15.9 Å². The molecule has 0 aliphatic heterocycles. The summed E-state index contributed by atoms with van der Waals surface area (Å²) in [6.07, 6.45) is 1.18. The molecule has 0 spiro atoms. The van der Waals surface area contributed by atoms with E-state index in [1.165, 1.54) is 13.3 Å². The fraction of sp³-hybridized carbons (Fsp3) is 0.167. The van der Waals surface area contributed by atoms with Gasteiger partial charge in [-0.1, -0.05) is 17.3 Å². The second-order valence-electron chi connectivity index (χ2n) is 3.53. The average Bonchev–Trinajstić information content (AvgIpc) is 2.77. The molecule has 1 aromatic heterocycles. The number of carbonyl (C=O) groups is 1. The molecule has 17 heavy (non-hydrogen) atoms. The van der Waals surface area contributed by atoms with Gasteiger partial charge in [-0.25, -0.2) is 4.79 Å². The molecule has 1 heterocycles. The number of aromatic carboxylic acids is 1. The van der Waals surface area contributed by atoms with Gasteiger partial charge in [0, 0.05) is 0 Å². The molecule has 0 radical (unpaired) electrons. The van der Waals surface area contributed by atoms with Crippen LogP contribution in [-0.4, -0.2) is 23.3 Å². The van der Waals surface area contributed by atoms with Crippen molar-refractivity contribution in [3.8, 4) is 17.1 Å². The highest BCUT2D eigenvalue weighted by Gasteiger charge is 2.21. The zero-order chi connectivity index (χ0) is 12.4. The maximum absolute atomic E-state index is 11.0. The Labute approximate surface area is 97.6 Å². The second-order valence-corrected chi connectivity index (χ2v) is 3.53. The van der Waals surface area contributed by atoms with Crippen LogP contribution in [0.2, 0.25) is 0 Å². The lowest BCUT2D eigenvalue weighted by Crippen LogP contribution is -1.98. The fourth-order valence-corrected chi connectivity index (χ4v) is 1.67. The highest BCUT2D eigenvalue weighted by Crippen LogP contribution is 2.34. The topological polar surface area (TPSA) is 72.6 Å². The van der Waals surface area contributed by atoms with Crippen molar-refractivity contribution in [3.05, 3.63) is 35.5 Å². The molecule has 0 saturated heterocycles. The number of ether oxygens (including phenoxy) is 1. The largest absolute Gasteiger partial charge is 0.496 e. The van der Waals surface area contributed by atoms with Gasteiger partial charge in [0.05, 0.1) is 18.9 Å². The van der Waals surface area contributed by atoms with Gasteiger partial charge in [-0.05, 0) is 18.6 Å². The maximum atomic E-state index is 11.0. The summed E-state index contributed by atoms with van der Waals surface area (Å²) in [6, 6.07) is 5.43. The minimum atomic E-state index is -1.08. The number of rotatable bonds is 3. The third kappa shape index (κ3) is 1.87. The van der Waals surface area contributed by atoms with Crippen molar-refractivity contribution in [2.24, 2.45) is 0 Å². The number of carboxylic acids is 1. The summed E-state index contributed by atoms with van der Waals surface area (Å²) >= 11 is 0. The minimum Gasteiger partial charge on any atom is -0.496 e. The van der Waals surface area contributed by atoms with Crippen LogP contribution >= 0.6 is 0 Å². The van der Waals surface area contributed by atoms with E-state index in [0.29, 0.717) is 11.3 Å². The highest BCUT2D eigenvalue weighted by molar-refractivity contribution is 5.95. The lowest BCUT2D eigenvalue weighted by Gasteiger charge is -2.08. The van der Waals surface area contributed by atoms with Crippen molar-refractivity contribution in [1.82, 2.24) is 5.16 Å². The van der Waals surface area contributed by atoms with Crippen molar-refractivity contribution in [2.45, 2.75) is 6.92 Å². The van der Waals surface area contributed by atoms with Crippen LogP contribution < -0.4 is 4.74 Å². The zero-order valence-corrected chi connectivity index (χ0v) is 9.43. The monoisotopic (exact) mass is 233 g/mol.